The second-order valence-electron chi connectivity index (χ2n) is 4.36. The summed E-state index contributed by atoms with van der Waals surface area (Å²) in [5.74, 6) is 0.207. The van der Waals surface area contributed by atoms with E-state index in [9.17, 15) is 9.18 Å². The van der Waals surface area contributed by atoms with E-state index in [2.05, 4.69) is 10.6 Å². The molecule has 4 heteroatoms. The average molecular weight is 236 g/mol. The summed E-state index contributed by atoms with van der Waals surface area (Å²) in [6.07, 6.45) is 2.91. The second kappa shape index (κ2) is 5.66. The molecule has 0 bridgehead atoms. The van der Waals surface area contributed by atoms with Crippen molar-refractivity contribution in [2.45, 2.75) is 19.3 Å². The Hall–Kier alpha value is -1.58. The number of carbonyl (C=O) groups excluding carboxylic acids is 1. The molecule has 0 heterocycles. The fourth-order valence-electron chi connectivity index (χ4n) is 1.62. The van der Waals surface area contributed by atoms with Gasteiger partial charge in [0.25, 0.3) is 0 Å². The van der Waals surface area contributed by atoms with Crippen LogP contribution in [0.2, 0.25) is 0 Å². The van der Waals surface area contributed by atoms with Crippen LogP contribution in [0.4, 0.5) is 10.1 Å². The highest BCUT2D eigenvalue weighted by molar-refractivity contribution is 5.80. The number of halogens is 1. The van der Waals surface area contributed by atoms with Crippen molar-refractivity contribution in [2.75, 3.05) is 18.4 Å². The van der Waals surface area contributed by atoms with Gasteiger partial charge in [-0.1, -0.05) is 6.07 Å². The van der Waals surface area contributed by atoms with E-state index in [1.807, 2.05) is 6.07 Å². The van der Waals surface area contributed by atoms with Crippen molar-refractivity contribution >= 4 is 11.6 Å². The first-order valence-electron chi connectivity index (χ1n) is 6.03. The van der Waals surface area contributed by atoms with Gasteiger partial charge in [0, 0.05) is 24.7 Å². The van der Waals surface area contributed by atoms with E-state index in [1.165, 1.54) is 12.1 Å². The van der Waals surface area contributed by atoms with Crippen LogP contribution in [0.15, 0.2) is 24.3 Å². The van der Waals surface area contributed by atoms with Crippen LogP contribution < -0.4 is 10.6 Å². The minimum Gasteiger partial charge on any atom is -0.385 e. The third-order valence-electron chi connectivity index (χ3n) is 2.75. The molecule has 1 aromatic carbocycles. The molecule has 92 valence electrons. The third kappa shape index (κ3) is 4.06. The van der Waals surface area contributed by atoms with Crippen LogP contribution in [0.5, 0.6) is 0 Å². The Balaban J connectivity index is 1.58. The molecule has 1 amide bonds. The maximum absolute atomic E-state index is 12.8. The van der Waals surface area contributed by atoms with Crippen molar-refractivity contribution in [1.82, 2.24) is 5.32 Å². The predicted molar refractivity (Wildman–Crippen MR) is 65.2 cm³/mol. The third-order valence-corrected chi connectivity index (χ3v) is 2.75. The van der Waals surface area contributed by atoms with Gasteiger partial charge in [-0.2, -0.15) is 0 Å². The van der Waals surface area contributed by atoms with Crippen molar-refractivity contribution < 1.29 is 9.18 Å². The molecular weight excluding hydrogens is 219 g/mol. The molecule has 0 spiro atoms. The van der Waals surface area contributed by atoms with Crippen LogP contribution in [0.1, 0.15) is 19.3 Å². The smallest absolute Gasteiger partial charge is 0.223 e. The molecular formula is C13H17FN2O. The summed E-state index contributed by atoms with van der Waals surface area (Å²) in [5.41, 5.74) is 0.776. The van der Waals surface area contributed by atoms with E-state index < -0.39 is 0 Å². The first-order chi connectivity index (χ1) is 8.25. The molecule has 0 radical (unpaired) electrons. The number of anilines is 1. The van der Waals surface area contributed by atoms with E-state index in [0.717, 1.165) is 31.5 Å². The maximum Gasteiger partial charge on any atom is 0.223 e. The van der Waals surface area contributed by atoms with E-state index in [-0.39, 0.29) is 17.6 Å². The van der Waals surface area contributed by atoms with Crippen LogP contribution in [0.25, 0.3) is 0 Å². The first-order valence-corrected chi connectivity index (χ1v) is 6.03. The lowest BCUT2D eigenvalue weighted by atomic mass is 10.3. The Bertz CT molecular complexity index is 391. The molecule has 1 aromatic rings. The minimum absolute atomic E-state index is 0.177. The highest BCUT2D eigenvalue weighted by Gasteiger charge is 2.28. The fourth-order valence-corrected chi connectivity index (χ4v) is 1.62. The lowest BCUT2D eigenvalue weighted by Crippen LogP contribution is -2.27. The number of hydrogen-bond acceptors (Lipinski definition) is 2. The lowest BCUT2D eigenvalue weighted by molar-refractivity contribution is -0.122. The Morgan fingerprint density at radius 3 is 2.88 bits per heavy atom. The summed E-state index contributed by atoms with van der Waals surface area (Å²) < 4.78 is 12.8. The number of nitrogens with one attached hydrogen (secondary N) is 2. The van der Waals surface area contributed by atoms with Crippen LogP contribution in [-0.4, -0.2) is 19.0 Å². The SMILES string of the molecule is O=C(NCCCNc1cccc(F)c1)C1CC1. The largest absolute Gasteiger partial charge is 0.385 e. The van der Waals surface area contributed by atoms with Crippen LogP contribution in [0.3, 0.4) is 0 Å². The van der Waals surface area contributed by atoms with Gasteiger partial charge < -0.3 is 10.6 Å². The maximum atomic E-state index is 12.8. The predicted octanol–water partition coefficient (Wildman–Crippen LogP) is 2.15. The van der Waals surface area contributed by atoms with Crippen molar-refractivity contribution in [3.63, 3.8) is 0 Å². The number of amides is 1. The van der Waals surface area contributed by atoms with Crippen LogP contribution in [-0.2, 0) is 4.79 Å². The van der Waals surface area contributed by atoms with Gasteiger partial charge in [0.05, 0.1) is 0 Å². The van der Waals surface area contributed by atoms with E-state index in [4.69, 9.17) is 0 Å². The zero-order valence-corrected chi connectivity index (χ0v) is 9.71. The normalized spacial score (nSPS) is 14.4. The molecule has 0 aliphatic heterocycles. The molecule has 0 unspecified atom stereocenters. The van der Waals surface area contributed by atoms with Crippen molar-refractivity contribution in [2.24, 2.45) is 5.92 Å². The van der Waals surface area contributed by atoms with Gasteiger partial charge in [-0.25, -0.2) is 4.39 Å². The fraction of sp³-hybridized carbons (Fsp3) is 0.462. The van der Waals surface area contributed by atoms with Gasteiger partial charge in [-0.05, 0) is 37.5 Å². The summed E-state index contributed by atoms with van der Waals surface area (Å²) in [6.45, 7) is 1.41. The van der Waals surface area contributed by atoms with Gasteiger partial charge in [-0.15, -0.1) is 0 Å². The van der Waals surface area contributed by atoms with E-state index >= 15 is 0 Å². The van der Waals surface area contributed by atoms with Gasteiger partial charge in [0.15, 0.2) is 0 Å². The van der Waals surface area contributed by atoms with Crippen molar-refractivity contribution in [1.29, 1.82) is 0 Å². The molecule has 0 aromatic heterocycles. The molecule has 1 saturated carbocycles. The minimum atomic E-state index is -0.239. The summed E-state index contributed by atoms with van der Waals surface area (Å²) in [6, 6.07) is 6.38. The molecule has 0 saturated heterocycles. The Labute approximate surface area is 100 Å². The highest BCUT2D eigenvalue weighted by Crippen LogP contribution is 2.28. The molecule has 3 nitrogen and oxygen atoms in total. The van der Waals surface area contributed by atoms with Gasteiger partial charge in [0.2, 0.25) is 5.91 Å². The summed E-state index contributed by atoms with van der Waals surface area (Å²) >= 11 is 0. The molecule has 1 aliphatic carbocycles. The quantitative estimate of drug-likeness (QED) is 0.743. The molecule has 2 N–H and O–H groups in total. The second-order valence-corrected chi connectivity index (χ2v) is 4.36. The van der Waals surface area contributed by atoms with Gasteiger partial charge >= 0.3 is 0 Å². The Kier molecular flexibility index (Phi) is 3.96. The zero-order valence-electron chi connectivity index (χ0n) is 9.71. The van der Waals surface area contributed by atoms with Crippen molar-refractivity contribution in [3.05, 3.63) is 30.1 Å². The number of carbonyl (C=O) groups is 1. The molecule has 1 aliphatic rings. The zero-order chi connectivity index (χ0) is 12.1. The van der Waals surface area contributed by atoms with E-state index in [0.29, 0.717) is 6.54 Å². The van der Waals surface area contributed by atoms with Crippen molar-refractivity contribution in [3.8, 4) is 0 Å². The number of rotatable bonds is 6. The lowest BCUT2D eigenvalue weighted by Gasteiger charge is -2.07. The summed E-state index contributed by atoms with van der Waals surface area (Å²) in [7, 11) is 0. The number of benzene rings is 1. The molecule has 0 atom stereocenters. The average Bonchev–Trinajstić information content (AvgIpc) is 3.12. The van der Waals surface area contributed by atoms with Gasteiger partial charge in [-0.3, -0.25) is 4.79 Å². The summed E-state index contributed by atoms with van der Waals surface area (Å²) in [5, 5.41) is 6.00. The standard InChI is InChI=1S/C13H17FN2O/c14-11-3-1-4-12(9-11)15-7-2-8-16-13(17)10-5-6-10/h1,3-4,9-10,15H,2,5-8H2,(H,16,17). The van der Waals surface area contributed by atoms with Crippen LogP contribution >= 0.6 is 0 Å². The molecule has 2 rings (SSSR count). The van der Waals surface area contributed by atoms with Gasteiger partial charge in [0.1, 0.15) is 5.82 Å². The first kappa shape index (κ1) is 11.9. The monoisotopic (exact) mass is 236 g/mol. The number of hydrogen-bond donors (Lipinski definition) is 2. The highest BCUT2D eigenvalue weighted by atomic mass is 19.1. The van der Waals surface area contributed by atoms with Crippen LogP contribution in [0, 0.1) is 11.7 Å². The Morgan fingerprint density at radius 1 is 1.35 bits per heavy atom. The molecule has 1 fully saturated rings. The van der Waals surface area contributed by atoms with E-state index in [1.54, 1.807) is 6.07 Å². The molecule has 17 heavy (non-hydrogen) atoms. The Morgan fingerprint density at radius 2 is 2.18 bits per heavy atom. The topological polar surface area (TPSA) is 41.1 Å². The summed E-state index contributed by atoms with van der Waals surface area (Å²) in [4.78, 5) is 11.3.